The van der Waals surface area contributed by atoms with Crippen molar-refractivity contribution in [3.8, 4) is 0 Å². The van der Waals surface area contributed by atoms with Crippen molar-refractivity contribution >= 4 is 23.5 Å². The topological polar surface area (TPSA) is 113 Å². The molecule has 3 N–H and O–H groups in total. The number of likely N-dealkylation sites (tertiary alicyclic amines) is 2. The Kier molecular flexibility index (Phi) is 5.29. The number of carbonyl (C=O) groups excluding carboxylic acids is 4. The third kappa shape index (κ3) is 3.47. The molecule has 150 valence electrons. The van der Waals surface area contributed by atoms with Gasteiger partial charge in [-0.3, -0.25) is 19.2 Å². The van der Waals surface area contributed by atoms with E-state index in [-0.39, 0.29) is 42.0 Å². The highest BCUT2D eigenvalue weighted by Crippen LogP contribution is 2.38. The van der Waals surface area contributed by atoms with Crippen LogP contribution in [0.15, 0.2) is 0 Å². The number of nitrogens with zero attached hydrogens (tertiary/aromatic N) is 2. The van der Waals surface area contributed by atoms with E-state index in [1.807, 2.05) is 13.8 Å². The molecule has 3 amide bonds. The lowest BCUT2D eigenvalue weighted by Crippen LogP contribution is -2.64. The van der Waals surface area contributed by atoms with E-state index in [0.717, 1.165) is 6.42 Å². The Balaban J connectivity index is 1.74. The molecule has 8 heteroatoms. The SMILES string of the molecule is CC(=O)NC1(C(=O)N2CC(=O)C3C2CCN3C(=O)C(N)CC(C)C)CCC1. The third-order valence-electron chi connectivity index (χ3n) is 6.04. The van der Waals surface area contributed by atoms with Crippen LogP contribution >= 0.6 is 0 Å². The van der Waals surface area contributed by atoms with Crippen LogP contribution in [0, 0.1) is 5.92 Å². The highest BCUT2D eigenvalue weighted by Gasteiger charge is 2.56. The Morgan fingerprint density at radius 1 is 1.26 bits per heavy atom. The predicted octanol–water partition coefficient (Wildman–Crippen LogP) is -0.201. The summed E-state index contributed by atoms with van der Waals surface area (Å²) in [6.45, 7) is 5.83. The van der Waals surface area contributed by atoms with Crippen LogP contribution in [0.1, 0.15) is 52.9 Å². The van der Waals surface area contributed by atoms with Crippen molar-refractivity contribution in [2.75, 3.05) is 13.1 Å². The molecule has 0 aromatic heterocycles. The van der Waals surface area contributed by atoms with E-state index < -0.39 is 17.6 Å². The van der Waals surface area contributed by atoms with Crippen LogP contribution < -0.4 is 11.1 Å². The molecule has 3 atom stereocenters. The first-order chi connectivity index (χ1) is 12.7. The molecular formula is C19H30N4O4. The standard InChI is InChI=1S/C19H30N4O4/c1-11(2)9-13(20)17(26)22-8-5-14-16(22)15(25)10-23(14)18(27)19(6-4-7-19)21-12(3)24/h11,13-14,16H,4-10,20H2,1-3H3,(H,21,24). The second kappa shape index (κ2) is 7.22. The summed E-state index contributed by atoms with van der Waals surface area (Å²) < 4.78 is 0. The summed E-state index contributed by atoms with van der Waals surface area (Å²) in [7, 11) is 0. The summed E-state index contributed by atoms with van der Waals surface area (Å²) in [5.74, 6) is -0.471. The first kappa shape index (κ1) is 19.8. The van der Waals surface area contributed by atoms with Crippen molar-refractivity contribution in [2.24, 2.45) is 11.7 Å². The van der Waals surface area contributed by atoms with Crippen molar-refractivity contribution in [1.82, 2.24) is 15.1 Å². The maximum Gasteiger partial charge on any atom is 0.249 e. The zero-order valence-corrected chi connectivity index (χ0v) is 16.4. The van der Waals surface area contributed by atoms with Crippen LogP contribution in [0.25, 0.3) is 0 Å². The molecule has 8 nitrogen and oxygen atoms in total. The largest absolute Gasteiger partial charge is 0.342 e. The molecule has 2 heterocycles. The maximum atomic E-state index is 13.2. The predicted molar refractivity (Wildman–Crippen MR) is 98.5 cm³/mol. The normalized spacial score (nSPS) is 27.4. The molecule has 2 aliphatic heterocycles. The fraction of sp³-hybridized carbons (Fsp3) is 0.789. The third-order valence-corrected chi connectivity index (χ3v) is 6.04. The number of fused-ring (bicyclic) bond motifs is 1. The second-order valence-corrected chi connectivity index (χ2v) is 8.58. The number of nitrogens with one attached hydrogen (secondary N) is 1. The van der Waals surface area contributed by atoms with E-state index in [4.69, 9.17) is 5.73 Å². The molecule has 3 unspecified atom stereocenters. The molecule has 0 aromatic rings. The lowest BCUT2D eigenvalue weighted by molar-refractivity contribution is -0.146. The molecule has 2 saturated heterocycles. The van der Waals surface area contributed by atoms with Gasteiger partial charge < -0.3 is 20.9 Å². The van der Waals surface area contributed by atoms with E-state index in [2.05, 4.69) is 5.32 Å². The minimum Gasteiger partial charge on any atom is -0.342 e. The smallest absolute Gasteiger partial charge is 0.249 e. The lowest BCUT2D eigenvalue weighted by atomic mass is 9.75. The number of rotatable bonds is 5. The molecule has 27 heavy (non-hydrogen) atoms. The molecule has 3 fully saturated rings. The second-order valence-electron chi connectivity index (χ2n) is 8.58. The number of ketones is 1. The minimum atomic E-state index is -0.882. The zero-order chi connectivity index (χ0) is 19.9. The minimum absolute atomic E-state index is 0.00129. The van der Waals surface area contributed by atoms with Crippen LogP contribution in [0.5, 0.6) is 0 Å². The van der Waals surface area contributed by atoms with Gasteiger partial charge in [0.05, 0.1) is 18.6 Å². The molecule has 1 saturated carbocycles. The van der Waals surface area contributed by atoms with Crippen molar-refractivity contribution in [1.29, 1.82) is 0 Å². The number of Topliss-reactive ketones (excluding diaryl/α,β-unsaturated/α-hetero) is 1. The average Bonchev–Trinajstić information content (AvgIpc) is 3.10. The van der Waals surface area contributed by atoms with Gasteiger partial charge in [0, 0.05) is 13.5 Å². The first-order valence-electron chi connectivity index (χ1n) is 9.85. The van der Waals surface area contributed by atoms with Gasteiger partial charge in [0.1, 0.15) is 11.6 Å². The van der Waals surface area contributed by atoms with Crippen LogP contribution in [0.4, 0.5) is 0 Å². The van der Waals surface area contributed by atoms with Gasteiger partial charge in [0.2, 0.25) is 17.7 Å². The molecule has 3 aliphatic rings. The number of nitrogens with two attached hydrogens (primary N) is 1. The zero-order valence-electron chi connectivity index (χ0n) is 16.4. The van der Waals surface area contributed by atoms with E-state index in [9.17, 15) is 19.2 Å². The lowest BCUT2D eigenvalue weighted by Gasteiger charge is -2.43. The summed E-state index contributed by atoms with van der Waals surface area (Å²) in [5.41, 5.74) is 5.16. The molecule has 0 spiro atoms. The van der Waals surface area contributed by atoms with Crippen molar-refractivity contribution in [2.45, 2.75) is 76.5 Å². The van der Waals surface area contributed by atoms with E-state index in [0.29, 0.717) is 32.2 Å². The van der Waals surface area contributed by atoms with Crippen molar-refractivity contribution in [3.05, 3.63) is 0 Å². The van der Waals surface area contributed by atoms with Crippen molar-refractivity contribution < 1.29 is 19.2 Å². The van der Waals surface area contributed by atoms with E-state index >= 15 is 0 Å². The summed E-state index contributed by atoms with van der Waals surface area (Å²) in [6, 6.07) is -1.54. The summed E-state index contributed by atoms with van der Waals surface area (Å²) in [5, 5.41) is 2.80. The Bertz CT molecular complexity index is 658. The number of hydrogen-bond acceptors (Lipinski definition) is 5. The fourth-order valence-corrected chi connectivity index (χ4v) is 4.70. The average molecular weight is 378 g/mol. The number of amides is 3. The summed E-state index contributed by atoms with van der Waals surface area (Å²) in [6.07, 6.45) is 3.19. The highest BCUT2D eigenvalue weighted by molar-refractivity contribution is 6.01. The van der Waals surface area contributed by atoms with E-state index in [1.54, 1.807) is 9.80 Å². The van der Waals surface area contributed by atoms with Gasteiger partial charge >= 0.3 is 0 Å². The molecule has 3 rings (SSSR count). The Morgan fingerprint density at radius 2 is 1.93 bits per heavy atom. The molecule has 0 aromatic carbocycles. The molecule has 0 bridgehead atoms. The summed E-state index contributed by atoms with van der Waals surface area (Å²) >= 11 is 0. The van der Waals surface area contributed by atoms with Gasteiger partial charge in [-0.25, -0.2) is 0 Å². The van der Waals surface area contributed by atoms with Gasteiger partial charge in [-0.15, -0.1) is 0 Å². The van der Waals surface area contributed by atoms with Gasteiger partial charge in [-0.1, -0.05) is 13.8 Å². The fourth-order valence-electron chi connectivity index (χ4n) is 4.70. The van der Waals surface area contributed by atoms with Gasteiger partial charge in [0.25, 0.3) is 0 Å². The Labute approximate surface area is 159 Å². The van der Waals surface area contributed by atoms with Gasteiger partial charge in [-0.2, -0.15) is 0 Å². The van der Waals surface area contributed by atoms with Crippen LogP contribution in [0.3, 0.4) is 0 Å². The van der Waals surface area contributed by atoms with Crippen molar-refractivity contribution in [3.63, 3.8) is 0 Å². The molecular weight excluding hydrogens is 348 g/mol. The molecule has 1 aliphatic carbocycles. The number of carbonyl (C=O) groups is 4. The highest BCUT2D eigenvalue weighted by atomic mass is 16.2. The Morgan fingerprint density at radius 3 is 2.44 bits per heavy atom. The first-order valence-corrected chi connectivity index (χ1v) is 9.85. The maximum absolute atomic E-state index is 13.2. The molecule has 0 radical (unpaired) electrons. The van der Waals surface area contributed by atoms with Gasteiger partial charge in [0.15, 0.2) is 5.78 Å². The number of hydrogen-bond donors (Lipinski definition) is 2. The monoisotopic (exact) mass is 378 g/mol. The quantitative estimate of drug-likeness (QED) is 0.688. The van der Waals surface area contributed by atoms with Crippen LogP contribution in [0.2, 0.25) is 0 Å². The van der Waals surface area contributed by atoms with Crippen LogP contribution in [-0.2, 0) is 19.2 Å². The Hall–Kier alpha value is -1.96. The van der Waals surface area contributed by atoms with Gasteiger partial charge in [-0.05, 0) is 38.0 Å². The summed E-state index contributed by atoms with van der Waals surface area (Å²) in [4.78, 5) is 53.3. The van der Waals surface area contributed by atoms with Crippen LogP contribution in [-0.4, -0.2) is 70.1 Å². The van der Waals surface area contributed by atoms with E-state index in [1.165, 1.54) is 6.92 Å².